The van der Waals surface area contributed by atoms with Gasteiger partial charge in [-0.2, -0.15) is 0 Å². The maximum atomic E-state index is 12.9. The first-order valence-electron chi connectivity index (χ1n) is 15.3. The van der Waals surface area contributed by atoms with Gasteiger partial charge < -0.3 is 18.7 Å². The predicted octanol–water partition coefficient (Wildman–Crippen LogP) is 9.58. The van der Waals surface area contributed by atoms with Crippen molar-refractivity contribution >= 4 is 40.0 Å². The first-order chi connectivity index (χ1) is 19.7. The molecule has 1 aromatic carbocycles. The summed E-state index contributed by atoms with van der Waals surface area (Å²) in [6.45, 7) is 21.2. The van der Waals surface area contributed by atoms with Crippen LogP contribution in [0.4, 0.5) is 0 Å². The molecular formula is C34H53ClO6Si2. The molecular weight excluding hydrogens is 596 g/mol. The summed E-state index contributed by atoms with van der Waals surface area (Å²) in [6.07, 6.45) is 10.5. The minimum atomic E-state index is -2.52. The van der Waals surface area contributed by atoms with Crippen LogP contribution in [0.3, 0.4) is 0 Å². The van der Waals surface area contributed by atoms with Crippen LogP contribution in [0.15, 0.2) is 54.3 Å². The van der Waals surface area contributed by atoms with Gasteiger partial charge >= 0.3 is 5.97 Å². The van der Waals surface area contributed by atoms with Gasteiger partial charge in [-0.1, -0.05) is 71.4 Å². The van der Waals surface area contributed by atoms with Crippen molar-refractivity contribution in [3.8, 4) is 5.75 Å². The predicted molar refractivity (Wildman–Crippen MR) is 181 cm³/mol. The van der Waals surface area contributed by atoms with Gasteiger partial charge in [0.25, 0.3) is 5.79 Å². The Kier molecular flexibility index (Phi) is 12.9. The van der Waals surface area contributed by atoms with E-state index in [9.17, 15) is 14.7 Å². The maximum Gasteiger partial charge on any atom is 0.362 e. The number of rotatable bonds is 14. The fraction of sp³-hybridized carbons (Fsp3) is 0.618. The molecule has 1 saturated carbocycles. The lowest BCUT2D eigenvalue weighted by molar-refractivity contribution is -0.191. The van der Waals surface area contributed by atoms with E-state index in [2.05, 4.69) is 59.4 Å². The number of carboxylic acid groups (broad SMARTS) is 1. The standard InChI is InChI=1S/C34H53ClO6Si2/c1-32(2,3)42(7,8)40-34(31(37)38,41-43(9,10)33(4,5)6)23-14-11-12-20-29-26(21-22-30(29)36)17-13-15-24-39-28-19-16-18-27(35)25-28/h12-14,16-19,25-26,29H,15,20-24H2,1-10H3,(H,37,38)/b17-13+/t11?,26-,29+/m0/s1. The minimum Gasteiger partial charge on any atom is -0.493 e. The van der Waals surface area contributed by atoms with E-state index < -0.39 is 28.4 Å². The third kappa shape index (κ3) is 10.6. The quantitative estimate of drug-likeness (QED) is 0.0711. The van der Waals surface area contributed by atoms with Crippen molar-refractivity contribution in [3.05, 3.63) is 59.3 Å². The van der Waals surface area contributed by atoms with E-state index in [0.29, 0.717) is 24.5 Å². The van der Waals surface area contributed by atoms with Crippen LogP contribution in [0, 0.1) is 11.8 Å². The number of halogens is 1. The molecule has 1 fully saturated rings. The fourth-order valence-corrected chi connectivity index (χ4v) is 7.37. The number of benzene rings is 1. The summed E-state index contributed by atoms with van der Waals surface area (Å²) in [5.41, 5.74) is 3.16. The Morgan fingerprint density at radius 3 is 2.19 bits per heavy atom. The monoisotopic (exact) mass is 648 g/mol. The van der Waals surface area contributed by atoms with Crippen molar-refractivity contribution in [2.24, 2.45) is 11.8 Å². The van der Waals surface area contributed by atoms with Crippen LogP contribution >= 0.6 is 11.6 Å². The molecule has 9 heteroatoms. The zero-order valence-electron chi connectivity index (χ0n) is 27.9. The van der Waals surface area contributed by atoms with Crippen LogP contribution in [0.25, 0.3) is 0 Å². The van der Waals surface area contributed by atoms with Gasteiger partial charge in [0, 0.05) is 23.8 Å². The highest BCUT2D eigenvalue weighted by Crippen LogP contribution is 2.45. The van der Waals surface area contributed by atoms with Crippen molar-refractivity contribution < 1.29 is 28.3 Å². The summed E-state index contributed by atoms with van der Waals surface area (Å²) >= 11 is 6.01. The molecule has 0 heterocycles. The van der Waals surface area contributed by atoms with Gasteiger partial charge in [-0.3, -0.25) is 4.79 Å². The van der Waals surface area contributed by atoms with Gasteiger partial charge in [-0.05, 0) is 91.8 Å². The van der Waals surface area contributed by atoms with Gasteiger partial charge in [0.2, 0.25) is 0 Å². The normalized spacial score (nSPS) is 18.5. The Labute approximate surface area is 266 Å². The molecule has 240 valence electrons. The lowest BCUT2D eigenvalue weighted by Gasteiger charge is -2.48. The Bertz CT molecular complexity index is 1170. The molecule has 0 amide bonds. The maximum absolute atomic E-state index is 12.9. The average molecular weight is 649 g/mol. The highest BCUT2D eigenvalue weighted by atomic mass is 35.5. The third-order valence-corrected chi connectivity index (χ3v) is 18.3. The summed E-state index contributed by atoms with van der Waals surface area (Å²) in [5, 5.41) is 10.8. The lowest BCUT2D eigenvalue weighted by Crippen LogP contribution is -2.60. The summed E-state index contributed by atoms with van der Waals surface area (Å²) in [7, 11) is -5.04. The number of carboxylic acids is 1. The molecule has 2 atom stereocenters. The largest absolute Gasteiger partial charge is 0.493 e. The molecule has 0 saturated heterocycles. The number of carbonyl (C=O) groups excluding carboxylic acids is 1. The van der Waals surface area contributed by atoms with Crippen molar-refractivity contribution in [2.45, 2.75) is 116 Å². The summed E-state index contributed by atoms with van der Waals surface area (Å²) in [5.74, 6) is -1.86. The van der Waals surface area contributed by atoms with Crippen molar-refractivity contribution in [1.29, 1.82) is 0 Å². The highest BCUT2D eigenvalue weighted by Gasteiger charge is 2.54. The second-order valence-corrected chi connectivity index (χ2v) is 24.5. The van der Waals surface area contributed by atoms with Crippen molar-refractivity contribution in [2.75, 3.05) is 6.61 Å². The molecule has 0 aliphatic heterocycles. The van der Waals surface area contributed by atoms with Crippen molar-refractivity contribution in [1.82, 2.24) is 0 Å². The molecule has 1 aliphatic rings. The van der Waals surface area contributed by atoms with Crippen LogP contribution in [0.5, 0.6) is 5.75 Å². The molecule has 1 aliphatic carbocycles. The van der Waals surface area contributed by atoms with Crippen LogP contribution in [-0.4, -0.2) is 45.9 Å². The Morgan fingerprint density at radius 2 is 1.65 bits per heavy atom. The summed E-state index contributed by atoms with van der Waals surface area (Å²) < 4.78 is 18.9. The summed E-state index contributed by atoms with van der Waals surface area (Å²) in [6, 6.07) is 7.33. The molecule has 2 rings (SSSR count). The van der Waals surface area contributed by atoms with E-state index in [1.165, 1.54) is 0 Å². The molecule has 43 heavy (non-hydrogen) atoms. The number of hydrogen-bond donors (Lipinski definition) is 1. The molecule has 0 spiro atoms. The number of hydrogen-bond acceptors (Lipinski definition) is 5. The average Bonchev–Trinajstić information content (AvgIpc) is 3.20. The number of Topliss-reactive ketones (excluding diaryl/α,β-unsaturated/α-hetero) is 1. The Morgan fingerprint density at radius 1 is 1.05 bits per heavy atom. The zero-order chi connectivity index (χ0) is 32.7. The first kappa shape index (κ1) is 37.3. The van der Waals surface area contributed by atoms with Crippen molar-refractivity contribution in [3.63, 3.8) is 0 Å². The second kappa shape index (κ2) is 14.9. The first-order valence-corrected chi connectivity index (χ1v) is 21.5. The fourth-order valence-electron chi connectivity index (χ4n) is 4.42. The van der Waals surface area contributed by atoms with E-state index >= 15 is 0 Å². The molecule has 1 N–H and O–H groups in total. The topological polar surface area (TPSA) is 82.1 Å². The summed E-state index contributed by atoms with van der Waals surface area (Å²) in [4.78, 5) is 25.6. The smallest absolute Gasteiger partial charge is 0.362 e. The van der Waals surface area contributed by atoms with Gasteiger partial charge in [-0.15, -0.1) is 5.73 Å². The van der Waals surface area contributed by atoms with E-state index in [0.717, 1.165) is 18.6 Å². The number of ketones is 1. The number of ether oxygens (including phenoxy) is 1. The second-order valence-electron chi connectivity index (χ2n) is 14.6. The lowest BCUT2D eigenvalue weighted by atomic mass is 9.91. The van der Waals surface area contributed by atoms with Crippen LogP contribution in [-0.2, 0) is 18.4 Å². The molecule has 1 aromatic rings. The van der Waals surface area contributed by atoms with Crippen LogP contribution in [0.2, 0.25) is 41.3 Å². The molecule has 0 radical (unpaired) electrons. The third-order valence-electron chi connectivity index (χ3n) is 9.14. The zero-order valence-corrected chi connectivity index (χ0v) is 30.6. The highest BCUT2D eigenvalue weighted by molar-refractivity contribution is 6.75. The number of carbonyl (C=O) groups is 2. The number of allylic oxidation sites excluding steroid dienone is 1. The van der Waals surface area contributed by atoms with Gasteiger partial charge in [-0.25, -0.2) is 4.79 Å². The number of aliphatic carboxylic acids is 1. The SMILES string of the molecule is CC(C)(C)[Si](C)(C)OC(CC=C=CC[C@H]1C(=O)CC[C@@H]1/C=C/CCOc1cccc(Cl)c1)(O[Si](C)(C)C(C)(C)C)C(=O)O. The molecule has 0 bridgehead atoms. The Balaban J connectivity index is 2.14. The van der Waals surface area contributed by atoms with Crippen LogP contribution in [0.1, 0.15) is 73.6 Å². The minimum absolute atomic E-state index is 0.0342. The van der Waals surface area contributed by atoms with E-state index in [-0.39, 0.29) is 34.1 Å². The molecule has 0 unspecified atom stereocenters. The van der Waals surface area contributed by atoms with E-state index in [1.54, 1.807) is 12.1 Å². The molecule has 6 nitrogen and oxygen atoms in total. The van der Waals surface area contributed by atoms with E-state index in [4.69, 9.17) is 25.2 Å². The van der Waals surface area contributed by atoms with Gasteiger partial charge in [0.1, 0.15) is 11.5 Å². The van der Waals surface area contributed by atoms with Crippen LogP contribution < -0.4 is 4.74 Å². The van der Waals surface area contributed by atoms with Gasteiger partial charge in [0.15, 0.2) is 16.6 Å². The van der Waals surface area contributed by atoms with Gasteiger partial charge in [0.05, 0.1) is 6.61 Å². The Hall–Kier alpha value is -1.94. The van der Waals surface area contributed by atoms with E-state index in [1.807, 2.05) is 50.5 Å². The molecule has 0 aromatic heterocycles.